The summed E-state index contributed by atoms with van der Waals surface area (Å²) < 4.78 is 4.87. The van der Waals surface area contributed by atoms with Crippen LogP contribution in [0, 0.1) is 0 Å². The fraction of sp³-hybridized carbons (Fsp3) is 0.269. The quantitative estimate of drug-likeness (QED) is 0.0572. The molecule has 0 saturated carbocycles. The molecular formula is C52H62I2N8. The molecule has 8 aromatic rings. The van der Waals surface area contributed by atoms with Crippen LogP contribution in [0.4, 0.5) is 22.7 Å². The zero-order chi connectivity index (χ0) is 42.2. The second-order valence-electron chi connectivity index (χ2n) is 15.7. The second-order valence-corrected chi connectivity index (χ2v) is 15.7. The fourth-order valence-corrected chi connectivity index (χ4v) is 8.78. The summed E-state index contributed by atoms with van der Waals surface area (Å²) in [7, 11) is 0. The molecule has 0 spiro atoms. The van der Waals surface area contributed by atoms with E-state index >= 15 is 0 Å². The summed E-state index contributed by atoms with van der Waals surface area (Å²) in [6.45, 7) is 17.2. The Labute approximate surface area is 401 Å². The largest absolute Gasteiger partial charge is 1.00 e. The van der Waals surface area contributed by atoms with Crippen molar-refractivity contribution < 1.29 is 57.1 Å². The summed E-state index contributed by atoms with van der Waals surface area (Å²) in [6.07, 6.45) is 2.15. The first-order chi connectivity index (χ1) is 29.2. The van der Waals surface area contributed by atoms with E-state index in [1.54, 1.807) is 0 Å². The predicted octanol–water partition coefficient (Wildman–Crippen LogP) is 3.70. The van der Waals surface area contributed by atoms with Gasteiger partial charge in [-0.3, -0.25) is 0 Å². The minimum absolute atomic E-state index is 0. The highest BCUT2D eigenvalue weighted by atomic mass is 127. The van der Waals surface area contributed by atoms with Crippen molar-refractivity contribution in [3.63, 3.8) is 0 Å². The molecule has 0 aliphatic heterocycles. The van der Waals surface area contributed by atoms with Crippen LogP contribution >= 0.6 is 0 Å². The Balaban J connectivity index is 0.000000227. The molecule has 0 saturated heterocycles. The van der Waals surface area contributed by atoms with E-state index in [0.717, 1.165) is 87.9 Å². The van der Waals surface area contributed by atoms with Gasteiger partial charge in [0.05, 0.1) is 21.5 Å². The lowest BCUT2D eigenvalue weighted by molar-refractivity contribution is -0.660. The second kappa shape index (κ2) is 22.5. The highest BCUT2D eigenvalue weighted by molar-refractivity contribution is 6.11. The normalized spacial score (nSPS) is 11.2. The third kappa shape index (κ3) is 10.7. The third-order valence-corrected chi connectivity index (χ3v) is 11.9. The number of nitrogens with zero attached hydrogens (tertiary/aromatic N) is 4. The molecule has 2 heterocycles. The Morgan fingerprint density at radius 3 is 1.05 bits per heavy atom. The maximum Gasteiger partial charge on any atom is 0.220 e. The van der Waals surface area contributed by atoms with Crippen molar-refractivity contribution in [1.29, 1.82) is 0 Å². The van der Waals surface area contributed by atoms with Crippen molar-refractivity contribution in [2.75, 3.05) is 62.2 Å². The third-order valence-electron chi connectivity index (χ3n) is 11.9. The summed E-state index contributed by atoms with van der Waals surface area (Å²) in [5.41, 5.74) is 35.2. The number of anilines is 4. The van der Waals surface area contributed by atoms with E-state index in [4.69, 9.17) is 22.9 Å². The van der Waals surface area contributed by atoms with Crippen molar-refractivity contribution in [2.45, 2.75) is 53.6 Å². The molecule has 8 N–H and O–H groups in total. The molecular weight excluding hydrogens is 990 g/mol. The number of pyridine rings is 2. The van der Waals surface area contributed by atoms with Gasteiger partial charge >= 0.3 is 0 Å². The Kier molecular flexibility index (Phi) is 17.6. The van der Waals surface area contributed by atoms with Crippen LogP contribution in [0.2, 0.25) is 0 Å². The lowest BCUT2D eigenvalue weighted by atomic mass is 9.98. The molecule has 0 aliphatic rings. The van der Waals surface area contributed by atoms with Crippen molar-refractivity contribution in [2.24, 2.45) is 0 Å². The molecule has 0 radical (unpaired) electrons. The number of halogens is 2. The maximum absolute atomic E-state index is 6.23. The number of aromatic nitrogens is 2. The zero-order valence-corrected chi connectivity index (χ0v) is 40.9. The zero-order valence-electron chi connectivity index (χ0n) is 36.6. The summed E-state index contributed by atoms with van der Waals surface area (Å²) in [5, 5.41) is 7.20. The fourth-order valence-electron chi connectivity index (χ4n) is 8.78. The predicted molar refractivity (Wildman–Crippen MR) is 257 cm³/mol. The average molecular weight is 1050 g/mol. The van der Waals surface area contributed by atoms with Crippen LogP contribution in [-0.4, -0.2) is 49.1 Å². The molecule has 6 aromatic carbocycles. The molecule has 0 bridgehead atoms. The van der Waals surface area contributed by atoms with Crippen molar-refractivity contribution in [3.05, 3.63) is 133 Å². The maximum atomic E-state index is 6.23. The van der Waals surface area contributed by atoms with E-state index in [9.17, 15) is 0 Å². The van der Waals surface area contributed by atoms with Crippen LogP contribution in [0.3, 0.4) is 0 Å². The molecule has 2 aromatic heterocycles. The highest BCUT2D eigenvalue weighted by Crippen LogP contribution is 2.35. The standard InChI is InChI=1S/2C26H30N4.2HI/c2*1-3-29(4-2)15-8-16-30-25-18-21(28)12-14-23(25)22-13-11-20(27)17-24(22)26(30)19-9-6-5-7-10-19;;/h2*5-7,9-14,17-18,28H,3-4,8,15-16,27H2,1-2H3;2*1H. The van der Waals surface area contributed by atoms with E-state index < -0.39 is 0 Å². The van der Waals surface area contributed by atoms with Gasteiger partial charge in [0.25, 0.3) is 0 Å². The van der Waals surface area contributed by atoms with Gasteiger partial charge in [-0.2, -0.15) is 9.13 Å². The molecule has 8 rings (SSSR count). The number of aryl methyl sites for hydroxylation is 2. The highest BCUT2D eigenvalue weighted by Gasteiger charge is 2.25. The van der Waals surface area contributed by atoms with E-state index in [1.807, 2.05) is 24.3 Å². The van der Waals surface area contributed by atoms with E-state index in [1.165, 1.54) is 65.9 Å². The molecule has 62 heavy (non-hydrogen) atoms. The van der Waals surface area contributed by atoms with Crippen LogP contribution in [-0.2, 0) is 13.1 Å². The van der Waals surface area contributed by atoms with E-state index in [0.29, 0.717) is 0 Å². The van der Waals surface area contributed by atoms with Gasteiger partial charge in [-0.15, -0.1) is 0 Å². The molecule has 0 fully saturated rings. The van der Waals surface area contributed by atoms with Crippen LogP contribution in [0.15, 0.2) is 133 Å². The monoisotopic (exact) mass is 1050 g/mol. The first-order valence-electron chi connectivity index (χ1n) is 21.7. The Hall–Kier alpha value is -4.76. The number of fused-ring (bicyclic) bond motifs is 6. The molecule has 0 amide bonds. The SMILES string of the molecule is CCN(CC)CCC[n+]1c(-c2ccccc2)c2cc(N)ccc2c2ccc(N)cc21.CCN(CC)CCC[n+]1c(-c2ccccc2)c2cc(N)ccc2c2ccc(N)cc21.[I-].[I-]. The number of nitrogens with two attached hydrogens (primary N) is 4. The van der Waals surface area contributed by atoms with Gasteiger partial charge in [0, 0.05) is 82.7 Å². The van der Waals surface area contributed by atoms with Crippen molar-refractivity contribution >= 4 is 66.1 Å². The Morgan fingerprint density at radius 1 is 0.387 bits per heavy atom. The summed E-state index contributed by atoms with van der Waals surface area (Å²) >= 11 is 0. The number of nitrogen functional groups attached to an aromatic ring is 4. The molecule has 0 atom stereocenters. The van der Waals surface area contributed by atoms with Crippen molar-refractivity contribution in [3.8, 4) is 22.5 Å². The topological polar surface area (TPSA) is 118 Å². The van der Waals surface area contributed by atoms with E-state index in [-0.39, 0.29) is 48.0 Å². The van der Waals surface area contributed by atoms with Crippen LogP contribution in [0.5, 0.6) is 0 Å². The van der Waals surface area contributed by atoms with Gasteiger partial charge < -0.3 is 80.7 Å². The van der Waals surface area contributed by atoms with Crippen molar-refractivity contribution in [1.82, 2.24) is 9.80 Å². The first-order valence-corrected chi connectivity index (χ1v) is 21.7. The summed E-state index contributed by atoms with van der Waals surface area (Å²) in [4.78, 5) is 4.94. The van der Waals surface area contributed by atoms with Gasteiger partial charge in [-0.1, -0.05) is 76.2 Å². The number of rotatable bonds is 14. The van der Waals surface area contributed by atoms with E-state index in [2.05, 4.69) is 156 Å². The molecule has 8 nitrogen and oxygen atoms in total. The Morgan fingerprint density at radius 2 is 0.710 bits per heavy atom. The summed E-state index contributed by atoms with van der Waals surface area (Å²) in [6, 6.07) is 46.1. The molecule has 0 unspecified atom stereocenters. The van der Waals surface area contributed by atoms with Gasteiger partial charge in [-0.05, 0) is 99.0 Å². The smallest absolute Gasteiger partial charge is 0.220 e. The minimum Gasteiger partial charge on any atom is -1.00 e. The number of benzene rings is 6. The lowest BCUT2D eigenvalue weighted by Crippen LogP contribution is -3.00. The molecule has 10 heteroatoms. The van der Waals surface area contributed by atoms with Crippen LogP contribution < -0.4 is 80.0 Å². The summed E-state index contributed by atoms with van der Waals surface area (Å²) in [5.74, 6) is 0. The number of hydrogen-bond acceptors (Lipinski definition) is 6. The average Bonchev–Trinajstić information content (AvgIpc) is 3.27. The van der Waals surface area contributed by atoms with Crippen LogP contribution in [0.1, 0.15) is 40.5 Å². The minimum atomic E-state index is 0. The lowest BCUT2D eigenvalue weighted by Gasteiger charge is -2.18. The van der Waals surface area contributed by atoms with Gasteiger partial charge in [0.1, 0.15) is 0 Å². The van der Waals surface area contributed by atoms with Gasteiger partial charge in [-0.25, -0.2) is 0 Å². The molecule has 324 valence electrons. The van der Waals surface area contributed by atoms with Crippen LogP contribution in [0.25, 0.3) is 65.9 Å². The molecule has 0 aliphatic carbocycles. The van der Waals surface area contributed by atoms with Gasteiger partial charge in [0.15, 0.2) is 13.1 Å². The number of hydrogen-bond donors (Lipinski definition) is 4. The van der Waals surface area contributed by atoms with Gasteiger partial charge in [0.2, 0.25) is 22.4 Å². The first kappa shape index (κ1) is 48.3. The Bertz CT molecular complexity index is 2530.